The van der Waals surface area contributed by atoms with Gasteiger partial charge in [-0.05, 0) is 30.4 Å². The summed E-state index contributed by atoms with van der Waals surface area (Å²) in [5.74, 6) is 0.337. The molecule has 0 aliphatic rings. The Morgan fingerprint density at radius 1 is 1.60 bits per heavy atom. The average Bonchev–Trinajstić information content (AvgIpc) is 2.59. The molecule has 0 radical (unpaired) electrons. The fourth-order valence-electron chi connectivity index (χ4n) is 1.59. The van der Waals surface area contributed by atoms with Gasteiger partial charge in [0.1, 0.15) is 0 Å². The first kappa shape index (κ1) is 11.8. The van der Waals surface area contributed by atoms with E-state index in [0.717, 1.165) is 12.8 Å². The van der Waals surface area contributed by atoms with Crippen molar-refractivity contribution < 1.29 is 9.53 Å². The molecule has 3 heteroatoms. The van der Waals surface area contributed by atoms with Crippen molar-refractivity contribution >= 4 is 5.97 Å². The summed E-state index contributed by atoms with van der Waals surface area (Å²) in [7, 11) is 2.02. The van der Waals surface area contributed by atoms with E-state index in [2.05, 4.69) is 30.0 Å². The van der Waals surface area contributed by atoms with Crippen molar-refractivity contribution in [1.82, 2.24) is 4.57 Å². The second-order valence-electron chi connectivity index (χ2n) is 3.99. The third-order valence-corrected chi connectivity index (χ3v) is 2.51. The van der Waals surface area contributed by atoms with Gasteiger partial charge in [-0.15, -0.1) is 0 Å². The molecule has 0 aliphatic heterocycles. The van der Waals surface area contributed by atoms with Crippen LogP contribution in [-0.2, 0) is 16.6 Å². The largest absolute Gasteiger partial charge is 0.466 e. The standard InChI is InChI=1S/C12H19NO2/c1-10(5-4-8-15-11(2)14)12-6-7-13(3)9-12/h6-7,9-10H,4-5,8H2,1-3H3. The number of aromatic nitrogens is 1. The normalized spacial score (nSPS) is 12.5. The third kappa shape index (κ3) is 4.19. The van der Waals surface area contributed by atoms with E-state index in [-0.39, 0.29) is 5.97 Å². The first-order valence-electron chi connectivity index (χ1n) is 5.35. The van der Waals surface area contributed by atoms with E-state index in [1.54, 1.807) is 0 Å². The predicted molar refractivity (Wildman–Crippen MR) is 59.7 cm³/mol. The highest BCUT2D eigenvalue weighted by Gasteiger charge is 2.06. The van der Waals surface area contributed by atoms with Gasteiger partial charge in [0.15, 0.2) is 0 Å². The summed E-state index contributed by atoms with van der Waals surface area (Å²) in [6.45, 7) is 4.18. The van der Waals surface area contributed by atoms with Crippen LogP contribution < -0.4 is 0 Å². The molecule has 1 rings (SSSR count). The second-order valence-corrected chi connectivity index (χ2v) is 3.99. The third-order valence-electron chi connectivity index (χ3n) is 2.51. The summed E-state index contributed by atoms with van der Waals surface area (Å²) < 4.78 is 6.94. The van der Waals surface area contributed by atoms with E-state index in [9.17, 15) is 4.79 Å². The van der Waals surface area contributed by atoms with Crippen LogP contribution in [0.15, 0.2) is 18.5 Å². The van der Waals surface area contributed by atoms with Crippen LogP contribution in [0.25, 0.3) is 0 Å². The molecular formula is C12H19NO2. The molecule has 84 valence electrons. The molecule has 1 unspecified atom stereocenters. The Morgan fingerprint density at radius 3 is 2.87 bits per heavy atom. The molecule has 0 aliphatic carbocycles. The quantitative estimate of drug-likeness (QED) is 0.551. The van der Waals surface area contributed by atoms with Crippen molar-refractivity contribution in [3.05, 3.63) is 24.0 Å². The van der Waals surface area contributed by atoms with Crippen molar-refractivity contribution in [2.45, 2.75) is 32.6 Å². The smallest absolute Gasteiger partial charge is 0.302 e. The van der Waals surface area contributed by atoms with Gasteiger partial charge in [0.05, 0.1) is 6.61 Å². The van der Waals surface area contributed by atoms with Crippen molar-refractivity contribution in [3.63, 3.8) is 0 Å². The lowest BCUT2D eigenvalue weighted by atomic mass is 9.99. The minimum absolute atomic E-state index is 0.192. The minimum Gasteiger partial charge on any atom is -0.466 e. The van der Waals surface area contributed by atoms with Gasteiger partial charge < -0.3 is 9.30 Å². The van der Waals surface area contributed by atoms with Gasteiger partial charge in [-0.3, -0.25) is 4.79 Å². The average molecular weight is 209 g/mol. The zero-order valence-corrected chi connectivity index (χ0v) is 9.69. The Kier molecular flexibility index (Phi) is 4.40. The van der Waals surface area contributed by atoms with Crippen LogP contribution in [0.5, 0.6) is 0 Å². The summed E-state index contributed by atoms with van der Waals surface area (Å²) in [5.41, 5.74) is 1.35. The Morgan fingerprint density at radius 2 is 2.33 bits per heavy atom. The predicted octanol–water partition coefficient (Wildman–Crippen LogP) is 2.47. The van der Waals surface area contributed by atoms with Gasteiger partial charge in [-0.25, -0.2) is 0 Å². The van der Waals surface area contributed by atoms with Crippen LogP contribution in [0.3, 0.4) is 0 Å². The molecule has 0 fully saturated rings. The fraction of sp³-hybridized carbons (Fsp3) is 0.583. The number of carbonyl (C=O) groups is 1. The van der Waals surface area contributed by atoms with Gasteiger partial charge in [-0.1, -0.05) is 6.92 Å². The number of aryl methyl sites for hydroxylation is 1. The topological polar surface area (TPSA) is 31.2 Å². The first-order valence-corrected chi connectivity index (χ1v) is 5.35. The molecule has 15 heavy (non-hydrogen) atoms. The maximum Gasteiger partial charge on any atom is 0.302 e. The van der Waals surface area contributed by atoms with E-state index in [1.165, 1.54) is 12.5 Å². The number of ether oxygens (including phenoxy) is 1. The van der Waals surface area contributed by atoms with E-state index >= 15 is 0 Å². The summed E-state index contributed by atoms with van der Waals surface area (Å²) in [6, 6.07) is 2.14. The monoisotopic (exact) mass is 209 g/mol. The van der Waals surface area contributed by atoms with Crippen LogP contribution in [0.4, 0.5) is 0 Å². The molecule has 0 amide bonds. The van der Waals surface area contributed by atoms with Gasteiger partial charge >= 0.3 is 5.97 Å². The Bertz CT molecular complexity index is 317. The maximum atomic E-state index is 10.5. The number of esters is 1. The van der Waals surface area contributed by atoms with Crippen LogP contribution in [0.2, 0.25) is 0 Å². The lowest BCUT2D eigenvalue weighted by Gasteiger charge is -2.09. The Balaban J connectivity index is 2.24. The molecule has 1 heterocycles. The van der Waals surface area contributed by atoms with Crippen molar-refractivity contribution in [3.8, 4) is 0 Å². The Hall–Kier alpha value is -1.25. The highest BCUT2D eigenvalue weighted by Crippen LogP contribution is 2.20. The molecule has 0 spiro atoms. The van der Waals surface area contributed by atoms with Crippen LogP contribution >= 0.6 is 0 Å². The van der Waals surface area contributed by atoms with Crippen molar-refractivity contribution in [2.75, 3.05) is 6.61 Å². The zero-order chi connectivity index (χ0) is 11.3. The molecular weight excluding hydrogens is 190 g/mol. The highest BCUT2D eigenvalue weighted by atomic mass is 16.5. The molecule has 0 N–H and O–H groups in total. The Labute approximate surface area is 91.0 Å². The van der Waals surface area contributed by atoms with Gasteiger partial charge in [0, 0.05) is 26.4 Å². The second kappa shape index (κ2) is 5.59. The molecule has 1 aromatic rings. The van der Waals surface area contributed by atoms with E-state index in [0.29, 0.717) is 12.5 Å². The zero-order valence-electron chi connectivity index (χ0n) is 9.69. The number of carbonyl (C=O) groups excluding carboxylic acids is 1. The van der Waals surface area contributed by atoms with Crippen LogP contribution in [0, 0.1) is 0 Å². The van der Waals surface area contributed by atoms with E-state index in [4.69, 9.17) is 4.74 Å². The number of hydrogen-bond acceptors (Lipinski definition) is 2. The van der Waals surface area contributed by atoms with Gasteiger partial charge in [0.2, 0.25) is 0 Å². The summed E-state index contributed by atoms with van der Waals surface area (Å²) >= 11 is 0. The molecule has 0 bridgehead atoms. The minimum atomic E-state index is -0.192. The molecule has 1 atom stereocenters. The number of nitrogens with zero attached hydrogens (tertiary/aromatic N) is 1. The first-order chi connectivity index (χ1) is 7.09. The fourth-order valence-corrected chi connectivity index (χ4v) is 1.59. The lowest BCUT2D eigenvalue weighted by molar-refractivity contribution is -0.141. The van der Waals surface area contributed by atoms with Crippen molar-refractivity contribution in [1.29, 1.82) is 0 Å². The number of hydrogen-bond donors (Lipinski definition) is 0. The van der Waals surface area contributed by atoms with E-state index in [1.807, 2.05) is 7.05 Å². The van der Waals surface area contributed by atoms with Gasteiger partial charge in [-0.2, -0.15) is 0 Å². The molecule has 0 saturated carbocycles. The highest BCUT2D eigenvalue weighted by molar-refractivity contribution is 5.65. The van der Waals surface area contributed by atoms with E-state index < -0.39 is 0 Å². The lowest BCUT2D eigenvalue weighted by Crippen LogP contribution is -2.02. The number of rotatable bonds is 5. The molecule has 3 nitrogen and oxygen atoms in total. The van der Waals surface area contributed by atoms with Crippen LogP contribution in [0.1, 0.15) is 38.2 Å². The summed E-state index contributed by atoms with van der Waals surface area (Å²) in [4.78, 5) is 10.5. The molecule has 0 aromatic carbocycles. The molecule has 1 aromatic heterocycles. The SMILES string of the molecule is CC(=O)OCCCC(C)c1ccn(C)c1. The van der Waals surface area contributed by atoms with Crippen molar-refractivity contribution in [2.24, 2.45) is 7.05 Å². The summed E-state index contributed by atoms with van der Waals surface area (Å²) in [5, 5.41) is 0. The summed E-state index contributed by atoms with van der Waals surface area (Å²) in [6.07, 6.45) is 6.17. The molecule has 0 saturated heterocycles. The van der Waals surface area contributed by atoms with Crippen LogP contribution in [-0.4, -0.2) is 17.1 Å². The van der Waals surface area contributed by atoms with Gasteiger partial charge in [0.25, 0.3) is 0 Å². The maximum absolute atomic E-state index is 10.5.